The lowest BCUT2D eigenvalue weighted by atomic mass is 9.98. The molecule has 12 aromatic carbocycles. The van der Waals surface area contributed by atoms with Crippen molar-refractivity contribution in [2.75, 3.05) is 0 Å². The van der Waals surface area contributed by atoms with Gasteiger partial charge in [0.25, 0.3) is 0 Å². The van der Waals surface area contributed by atoms with E-state index in [0.717, 1.165) is 77.4 Å². The van der Waals surface area contributed by atoms with Gasteiger partial charge in [0.1, 0.15) is 0 Å². The van der Waals surface area contributed by atoms with Gasteiger partial charge in [-0.25, -0.2) is 19.9 Å². The minimum Gasteiger partial charge on any atom is -0.309 e. The lowest BCUT2D eigenvalue weighted by molar-refractivity contribution is 1.00. The SMILES string of the molecule is c1ccc2cc(-c3nc(-c4ccc(-n5c6ccccc6c6c7c8ccccc8n8c9c(-c%10ccc%11c%12c%13c%14ccccc%14n%14c%15ccccc%15c(cc%12n(-c%12ncc%15cccnc%15n%12)c%11c%10)c%13%14)cccc9c(cc65)c78)cc4)nc4ccccc34)ccc2c1. The van der Waals surface area contributed by atoms with Gasteiger partial charge in [-0.3, -0.25) is 4.57 Å². The van der Waals surface area contributed by atoms with Crippen molar-refractivity contribution in [3.63, 3.8) is 0 Å². The first kappa shape index (κ1) is 46.3. The molecule has 0 saturated heterocycles. The van der Waals surface area contributed by atoms with E-state index < -0.39 is 0 Å². The molecule has 9 heteroatoms. The fourth-order valence-corrected chi connectivity index (χ4v) is 15.4. The number of benzene rings is 12. The van der Waals surface area contributed by atoms with Gasteiger partial charge in [-0.15, -0.1) is 0 Å². The Morgan fingerprint density at radius 3 is 1.68 bits per heavy atom. The fraction of sp³-hybridized carbons (Fsp3) is 0. The number of fused-ring (bicyclic) bond motifs is 23. The highest BCUT2D eigenvalue weighted by Crippen LogP contribution is 2.51. The molecule has 21 aromatic rings. The van der Waals surface area contributed by atoms with E-state index in [9.17, 15) is 0 Å². The third kappa shape index (κ3) is 6.00. The molecule has 9 aromatic heterocycles. The summed E-state index contributed by atoms with van der Waals surface area (Å²) in [5.74, 6) is 1.27. The number of nitrogens with zero attached hydrogens (tertiary/aromatic N) is 9. The molecule has 9 heterocycles. The van der Waals surface area contributed by atoms with Crippen molar-refractivity contribution in [2.24, 2.45) is 0 Å². The van der Waals surface area contributed by atoms with Gasteiger partial charge >= 0.3 is 0 Å². The molecule has 0 saturated carbocycles. The Labute approximate surface area is 499 Å². The van der Waals surface area contributed by atoms with Crippen LogP contribution >= 0.6 is 0 Å². The van der Waals surface area contributed by atoms with E-state index in [2.05, 4.69) is 255 Å². The highest BCUT2D eigenvalue weighted by molar-refractivity contribution is 6.38. The molecule has 0 bridgehead atoms. The maximum Gasteiger partial charge on any atom is 0.236 e. The van der Waals surface area contributed by atoms with Gasteiger partial charge in [-0.2, -0.15) is 4.98 Å². The van der Waals surface area contributed by atoms with Crippen LogP contribution in [0.5, 0.6) is 0 Å². The number of rotatable bonds is 5. The first-order valence-corrected chi connectivity index (χ1v) is 29.9. The molecule has 0 radical (unpaired) electrons. The average molecular weight is 1120 g/mol. The van der Waals surface area contributed by atoms with Crippen LogP contribution in [0.2, 0.25) is 0 Å². The number of aromatic nitrogens is 9. The Bertz CT molecular complexity index is 6620. The molecule has 0 unspecified atom stereocenters. The van der Waals surface area contributed by atoms with Crippen LogP contribution in [-0.2, 0) is 0 Å². The number of para-hydroxylation sites is 6. The molecule has 0 aliphatic carbocycles. The van der Waals surface area contributed by atoms with Gasteiger partial charge in [0, 0.05) is 110 Å². The number of hydrogen-bond donors (Lipinski definition) is 0. The monoisotopic (exact) mass is 1120 g/mol. The van der Waals surface area contributed by atoms with Crippen LogP contribution in [-0.4, -0.2) is 42.9 Å². The van der Waals surface area contributed by atoms with Crippen LogP contribution in [0.15, 0.2) is 261 Å². The molecule has 9 nitrogen and oxygen atoms in total. The summed E-state index contributed by atoms with van der Waals surface area (Å²) in [5, 5.41) is 18.8. The van der Waals surface area contributed by atoms with E-state index in [4.69, 9.17) is 24.9 Å². The molecule has 404 valence electrons. The molecular weight excluding hydrogens is 1070 g/mol. The third-order valence-electron chi connectivity index (χ3n) is 19.1. The van der Waals surface area contributed by atoms with Crippen LogP contribution in [0.1, 0.15) is 0 Å². The summed E-state index contributed by atoms with van der Waals surface area (Å²) in [6, 6.07) is 90.4. The van der Waals surface area contributed by atoms with Crippen molar-refractivity contribution < 1.29 is 0 Å². The van der Waals surface area contributed by atoms with Crippen molar-refractivity contribution in [1.82, 2.24) is 42.9 Å². The Morgan fingerprint density at radius 2 is 0.886 bits per heavy atom. The van der Waals surface area contributed by atoms with Crippen LogP contribution in [0.25, 0.3) is 198 Å². The number of pyridine rings is 1. The normalized spacial score (nSPS) is 12.5. The van der Waals surface area contributed by atoms with E-state index in [1.165, 1.54) is 103 Å². The second-order valence-corrected chi connectivity index (χ2v) is 23.5. The predicted molar refractivity (Wildman–Crippen MR) is 362 cm³/mol. The van der Waals surface area contributed by atoms with Crippen LogP contribution in [0, 0.1) is 0 Å². The Morgan fingerprint density at radius 1 is 0.295 bits per heavy atom. The summed E-state index contributed by atoms with van der Waals surface area (Å²) in [4.78, 5) is 25.7. The minimum absolute atomic E-state index is 0.579. The van der Waals surface area contributed by atoms with E-state index in [1.807, 2.05) is 24.5 Å². The first-order chi connectivity index (χ1) is 43.7. The molecule has 21 rings (SSSR count). The van der Waals surface area contributed by atoms with Gasteiger partial charge in [0.15, 0.2) is 11.5 Å². The molecule has 0 fully saturated rings. The summed E-state index contributed by atoms with van der Waals surface area (Å²) < 4.78 is 9.75. The largest absolute Gasteiger partial charge is 0.309 e. The number of hydrogen-bond acceptors (Lipinski definition) is 5. The molecule has 0 atom stereocenters. The molecule has 0 amide bonds. The van der Waals surface area contributed by atoms with E-state index in [-0.39, 0.29) is 0 Å². The zero-order chi connectivity index (χ0) is 57.0. The minimum atomic E-state index is 0.579. The topological polar surface area (TPSA) is 83.1 Å². The zero-order valence-corrected chi connectivity index (χ0v) is 46.9. The summed E-state index contributed by atoms with van der Waals surface area (Å²) in [6.45, 7) is 0. The van der Waals surface area contributed by atoms with Crippen molar-refractivity contribution in [1.29, 1.82) is 0 Å². The second-order valence-electron chi connectivity index (χ2n) is 23.5. The molecule has 88 heavy (non-hydrogen) atoms. The van der Waals surface area contributed by atoms with Crippen LogP contribution in [0.3, 0.4) is 0 Å². The van der Waals surface area contributed by atoms with Gasteiger partial charge in [-0.1, -0.05) is 158 Å². The predicted octanol–water partition coefficient (Wildman–Crippen LogP) is 19.6. The molecule has 0 aliphatic heterocycles. The summed E-state index contributed by atoms with van der Waals surface area (Å²) in [7, 11) is 0. The van der Waals surface area contributed by atoms with E-state index in [0.29, 0.717) is 17.4 Å². The van der Waals surface area contributed by atoms with Crippen molar-refractivity contribution in [3.05, 3.63) is 261 Å². The molecule has 0 spiro atoms. The fourth-order valence-electron chi connectivity index (χ4n) is 15.4. The van der Waals surface area contributed by atoms with Crippen LogP contribution < -0.4 is 0 Å². The summed E-state index contributed by atoms with van der Waals surface area (Å²) in [5.41, 5.74) is 19.4. The van der Waals surface area contributed by atoms with Gasteiger partial charge in [-0.05, 0) is 107 Å². The van der Waals surface area contributed by atoms with Crippen LogP contribution in [0.4, 0.5) is 0 Å². The van der Waals surface area contributed by atoms with E-state index in [1.54, 1.807) is 0 Å². The van der Waals surface area contributed by atoms with Crippen molar-refractivity contribution >= 4 is 153 Å². The maximum atomic E-state index is 5.33. The first-order valence-electron chi connectivity index (χ1n) is 29.9. The lowest BCUT2D eigenvalue weighted by Gasteiger charge is -2.12. The van der Waals surface area contributed by atoms with Crippen molar-refractivity contribution in [2.45, 2.75) is 0 Å². The lowest BCUT2D eigenvalue weighted by Crippen LogP contribution is -2.01. The Balaban J connectivity index is 0.794. The van der Waals surface area contributed by atoms with Gasteiger partial charge in [0.2, 0.25) is 5.95 Å². The average Bonchev–Trinajstić information content (AvgIpc) is 1.56. The highest BCUT2D eigenvalue weighted by atomic mass is 15.2. The Hall–Kier alpha value is -12.1. The zero-order valence-electron chi connectivity index (χ0n) is 46.9. The highest BCUT2D eigenvalue weighted by Gasteiger charge is 2.29. The smallest absolute Gasteiger partial charge is 0.236 e. The van der Waals surface area contributed by atoms with Crippen molar-refractivity contribution in [3.8, 4) is 45.4 Å². The third-order valence-corrected chi connectivity index (χ3v) is 19.1. The van der Waals surface area contributed by atoms with E-state index >= 15 is 0 Å². The molecule has 0 N–H and O–H groups in total. The van der Waals surface area contributed by atoms with Gasteiger partial charge in [0.05, 0.1) is 66.4 Å². The molecule has 0 aliphatic rings. The Kier molecular flexibility index (Phi) is 8.87. The standard InChI is InChI=1S/C79H43N9/c1-2-16-46-39-48(31-30-44(46)15-1)73-54-19-3-8-25-61(54)82-78(83-73)45-32-35-50(36-33-45)85-63-27-10-5-20-55(63)69-67(85)42-60-53-24-13-23-51(74(53)88-65-29-12-7-22-57(65)72(69)76(60)88)47-34-37-58-66(40-47)87(79-81-43-49-17-14-38-80-77(49)84-79)68-41-59-52-18-4-9-26-62(52)86-64-28-11-6-21-56(64)71(70(58)68)75(59)86/h1-43H. The summed E-state index contributed by atoms with van der Waals surface area (Å²) in [6.07, 6.45) is 3.71. The second kappa shape index (κ2) is 16.8. The maximum absolute atomic E-state index is 5.33. The summed E-state index contributed by atoms with van der Waals surface area (Å²) >= 11 is 0. The van der Waals surface area contributed by atoms with Gasteiger partial charge < -0.3 is 13.4 Å². The quantitative estimate of drug-likeness (QED) is 0.171. The molecular formula is C79H43N9.